The fourth-order valence-electron chi connectivity index (χ4n) is 5.14. The quantitative estimate of drug-likeness (QED) is 0.244. The van der Waals surface area contributed by atoms with Crippen molar-refractivity contribution in [2.75, 3.05) is 33.8 Å². The van der Waals surface area contributed by atoms with Gasteiger partial charge >= 0.3 is 0 Å². The van der Waals surface area contributed by atoms with Crippen LogP contribution in [0.1, 0.15) is 69.5 Å². The van der Waals surface area contributed by atoms with Gasteiger partial charge < -0.3 is 29.2 Å². The minimum Gasteiger partial charge on any atom is -0.493 e. The number of hydrogen-bond acceptors (Lipinski definition) is 6. The van der Waals surface area contributed by atoms with Gasteiger partial charge in [-0.15, -0.1) is 11.6 Å². The van der Waals surface area contributed by atoms with Crippen molar-refractivity contribution in [2.24, 2.45) is 0 Å². The number of carbonyl (C=O) groups is 2. The van der Waals surface area contributed by atoms with Crippen molar-refractivity contribution in [3.05, 3.63) is 47.5 Å². The molecule has 220 valence electrons. The van der Waals surface area contributed by atoms with Gasteiger partial charge in [0.1, 0.15) is 11.9 Å². The van der Waals surface area contributed by atoms with E-state index in [2.05, 4.69) is 5.32 Å². The van der Waals surface area contributed by atoms with Crippen molar-refractivity contribution in [1.82, 2.24) is 10.2 Å². The van der Waals surface area contributed by atoms with Gasteiger partial charge in [-0.3, -0.25) is 9.59 Å². The van der Waals surface area contributed by atoms with Gasteiger partial charge in [-0.2, -0.15) is 0 Å². The number of benzene rings is 2. The summed E-state index contributed by atoms with van der Waals surface area (Å²) in [5, 5.41) is 3.25. The van der Waals surface area contributed by atoms with Crippen LogP contribution in [0.25, 0.3) is 0 Å². The molecule has 0 aromatic heterocycles. The highest BCUT2D eigenvalue weighted by molar-refractivity contribution is 6.27. The highest BCUT2D eigenvalue weighted by Gasteiger charge is 2.33. The number of ether oxygens (including phenoxy) is 4. The molecular weight excluding hydrogens is 532 g/mol. The second-order valence-electron chi connectivity index (χ2n) is 10.3. The summed E-state index contributed by atoms with van der Waals surface area (Å²) in [5.74, 6) is 1.49. The van der Waals surface area contributed by atoms with Crippen molar-refractivity contribution in [3.63, 3.8) is 0 Å². The van der Waals surface area contributed by atoms with E-state index in [0.29, 0.717) is 35.0 Å². The lowest BCUT2D eigenvalue weighted by atomic mass is 10.0. The fourth-order valence-corrected chi connectivity index (χ4v) is 5.30. The molecule has 9 heteroatoms. The average molecular weight is 575 g/mol. The third kappa shape index (κ3) is 8.43. The Labute approximate surface area is 243 Å². The van der Waals surface area contributed by atoms with E-state index < -0.39 is 6.04 Å². The molecule has 0 heterocycles. The van der Waals surface area contributed by atoms with E-state index in [1.165, 1.54) is 12.8 Å². The van der Waals surface area contributed by atoms with E-state index in [0.717, 1.165) is 31.2 Å². The van der Waals surface area contributed by atoms with Crippen molar-refractivity contribution in [2.45, 2.75) is 77.0 Å². The maximum atomic E-state index is 14.0. The van der Waals surface area contributed by atoms with Crippen LogP contribution < -0.4 is 24.3 Å². The molecule has 3 rings (SSSR count). The van der Waals surface area contributed by atoms with Gasteiger partial charge in [-0.05, 0) is 68.5 Å². The van der Waals surface area contributed by atoms with Crippen molar-refractivity contribution in [1.29, 1.82) is 0 Å². The monoisotopic (exact) mass is 574 g/mol. The Morgan fingerprint density at radius 3 is 2.12 bits per heavy atom. The number of halogens is 1. The van der Waals surface area contributed by atoms with Crippen LogP contribution in [0.5, 0.6) is 23.0 Å². The molecule has 0 aliphatic heterocycles. The number of carbonyl (C=O) groups excluding carboxylic acids is 2. The molecule has 1 N–H and O–H groups in total. The van der Waals surface area contributed by atoms with Crippen LogP contribution in [0.2, 0.25) is 0 Å². The summed E-state index contributed by atoms with van der Waals surface area (Å²) in [6, 6.07) is 10.2. The third-order valence-electron chi connectivity index (χ3n) is 7.15. The van der Waals surface area contributed by atoms with Gasteiger partial charge in [0.05, 0.1) is 27.4 Å². The molecule has 0 saturated heterocycles. The van der Waals surface area contributed by atoms with Crippen LogP contribution in [0.3, 0.4) is 0 Å². The number of rotatable bonds is 13. The van der Waals surface area contributed by atoms with E-state index >= 15 is 0 Å². The molecular formula is C31H43ClN2O6. The Bertz CT molecular complexity index is 1120. The predicted octanol–water partition coefficient (Wildman–Crippen LogP) is 5.69. The van der Waals surface area contributed by atoms with Gasteiger partial charge in [0.15, 0.2) is 23.0 Å². The highest BCUT2D eigenvalue weighted by atomic mass is 35.5. The summed E-state index contributed by atoms with van der Waals surface area (Å²) in [6.45, 7) is 4.15. The van der Waals surface area contributed by atoms with Crippen LogP contribution >= 0.6 is 11.6 Å². The van der Waals surface area contributed by atoms with Crippen LogP contribution in [0.4, 0.5) is 0 Å². The lowest BCUT2D eigenvalue weighted by Gasteiger charge is -2.33. The summed E-state index contributed by atoms with van der Waals surface area (Å²) in [6.07, 6.45) is 6.80. The van der Waals surface area contributed by atoms with Gasteiger partial charge in [0.25, 0.3) is 0 Å². The molecule has 0 spiro atoms. The van der Waals surface area contributed by atoms with E-state index in [9.17, 15) is 9.59 Å². The van der Waals surface area contributed by atoms with E-state index in [1.807, 2.05) is 38.1 Å². The highest BCUT2D eigenvalue weighted by Crippen LogP contribution is 2.34. The molecule has 0 unspecified atom stereocenters. The number of hydrogen-bond donors (Lipinski definition) is 1. The number of nitrogens with one attached hydrogen (secondary N) is 1. The van der Waals surface area contributed by atoms with E-state index in [1.54, 1.807) is 38.4 Å². The SMILES string of the molecule is COc1ccc(CCN(C(=O)CCl)[C@H](C(=O)NC2CCCCCC2)c2ccc(OC(C)C)c(OC)c2)cc1OC. The Kier molecular flexibility index (Phi) is 12.2. The van der Waals surface area contributed by atoms with Crippen LogP contribution in [-0.4, -0.2) is 62.6 Å². The number of nitrogens with zero attached hydrogens (tertiary/aromatic N) is 1. The molecule has 0 bridgehead atoms. The maximum absolute atomic E-state index is 14.0. The van der Waals surface area contributed by atoms with Gasteiger partial charge in [-0.25, -0.2) is 0 Å². The number of methoxy groups -OCH3 is 3. The standard InChI is InChI=1S/C31H43ClN2O6/c1-21(2)40-26-15-13-23(19-28(26)39-5)30(31(36)33-24-10-8-6-7-9-11-24)34(29(35)20-32)17-16-22-12-14-25(37-3)27(18-22)38-4/h12-15,18-19,21,24,30H,6-11,16-17,20H2,1-5H3,(H,33,36)/t30-/m0/s1. The van der Waals surface area contributed by atoms with Gasteiger partial charge in [-0.1, -0.05) is 37.8 Å². The Morgan fingerprint density at radius 2 is 1.52 bits per heavy atom. The zero-order chi connectivity index (χ0) is 29.1. The zero-order valence-electron chi connectivity index (χ0n) is 24.3. The molecule has 0 radical (unpaired) electrons. The van der Waals surface area contributed by atoms with Gasteiger partial charge in [0, 0.05) is 12.6 Å². The molecule has 2 aromatic rings. The molecule has 2 aromatic carbocycles. The summed E-state index contributed by atoms with van der Waals surface area (Å²) in [7, 11) is 4.73. The Hall–Kier alpha value is -3.13. The largest absolute Gasteiger partial charge is 0.493 e. The Morgan fingerprint density at radius 1 is 0.900 bits per heavy atom. The van der Waals surface area contributed by atoms with Crippen LogP contribution in [-0.2, 0) is 16.0 Å². The van der Waals surface area contributed by atoms with E-state index in [-0.39, 0.29) is 36.4 Å². The average Bonchev–Trinajstić information content (AvgIpc) is 3.23. The number of alkyl halides is 1. The first kappa shape index (κ1) is 31.4. The molecule has 1 saturated carbocycles. The minimum absolute atomic E-state index is 0.0510. The zero-order valence-corrected chi connectivity index (χ0v) is 25.1. The molecule has 8 nitrogen and oxygen atoms in total. The first-order chi connectivity index (χ1) is 19.3. The third-order valence-corrected chi connectivity index (χ3v) is 7.38. The topological polar surface area (TPSA) is 86.3 Å². The molecule has 1 atom stereocenters. The normalized spacial score (nSPS) is 14.7. The van der Waals surface area contributed by atoms with Crippen LogP contribution in [0, 0.1) is 0 Å². The molecule has 1 aliphatic carbocycles. The van der Waals surface area contributed by atoms with Crippen molar-refractivity contribution >= 4 is 23.4 Å². The Balaban J connectivity index is 1.98. The second kappa shape index (κ2) is 15.6. The summed E-state index contributed by atoms with van der Waals surface area (Å²) in [4.78, 5) is 28.9. The second-order valence-corrected chi connectivity index (χ2v) is 10.6. The van der Waals surface area contributed by atoms with Crippen LogP contribution in [0.15, 0.2) is 36.4 Å². The first-order valence-corrected chi connectivity index (χ1v) is 14.6. The summed E-state index contributed by atoms with van der Waals surface area (Å²) >= 11 is 6.10. The van der Waals surface area contributed by atoms with E-state index in [4.69, 9.17) is 30.5 Å². The molecule has 2 amide bonds. The summed E-state index contributed by atoms with van der Waals surface area (Å²) in [5.41, 5.74) is 1.57. The lowest BCUT2D eigenvalue weighted by molar-refractivity contribution is -0.139. The minimum atomic E-state index is -0.892. The first-order valence-electron chi connectivity index (χ1n) is 14.0. The maximum Gasteiger partial charge on any atom is 0.247 e. The molecule has 1 aliphatic rings. The summed E-state index contributed by atoms with van der Waals surface area (Å²) < 4.78 is 22.3. The predicted molar refractivity (Wildman–Crippen MR) is 157 cm³/mol. The van der Waals surface area contributed by atoms with Crippen molar-refractivity contribution < 1.29 is 28.5 Å². The lowest BCUT2D eigenvalue weighted by Crippen LogP contribution is -2.47. The van der Waals surface area contributed by atoms with Gasteiger partial charge in [0.2, 0.25) is 11.8 Å². The molecule has 1 fully saturated rings. The number of amides is 2. The van der Waals surface area contributed by atoms with Crippen molar-refractivity contribution in [3.8, 4) is 23.0 Å². The smallest absolute Gasteiger partial charge is 0.247 e. The fraction of sp³-hybridized carbons (Fsp3) is 0.548. The molecule has 40 heavy (non-hydrogen) atoms.